The fraction of sp³-hybridized carbons (Fsp3) is 0.476. The normalized spacial score (nSPS) is 20.6. The number of amides is 1. The smallest absolute Gasteiger partial charge is 0.224 e. The van der Waals surface area contributed by atoms with Gasteiger partial charge in [-0.2, -0.15) is 0 Å². The molecule has 1 aliphatic rings. The molecule has 0 unspecified atom stereocenters. The van der Waals surface area contributed by atoms with E-state index in [-0.39, 0.29) is 18.1 Å². The maximum Gasteiger partial charge on any atom is 0.224 e. The standard InChI is InChI=1S/C21H27NO3/c1-14(2)20-12-17(9-10-25-20)22-21(23)11-16-6-4-5-15-7-8-18(24-3)13-19(15)16/h4-8,13-14,17,20H,9-12H2,1-3H3,(H,22,23)/t17-,20+/m1/s1. The number of benzene rings is 2. The van der Waals surface area contributed by atoms with Crippen LogP contribution in [0.3, 0.4) is 0 Å². The third-order valence-corrected chi connectivity index (χ3v) is 4.95. The van der Waals surface area contributed by atoms with E-state index < -0.39 is 0 Å². The number of methoxy groups -OCH3 is 1. The van der Waals surface area contributed by atoms with E-state index in [9.17, 15) is 4.79 Å². The second kappa shape index (κ2) is 7.87. The SMILES string of the molecule is COc1ccc2cccc(CC(=O)N[C@@H]3CCO[C@H](C(C)C)C3)c2c1. The molecule has 1 N–H and O–H groups in total. The van der Waals surface area contributed by atoms with Gasteiger partial charge in [0.15, 0.2) is 0 Å². The summed E-state index contributed by atoms with van der Waals surface area (Å²) in [4.78, 5) is 12.6. The monoisotopic (exact) mass is 341 g/mol. The van der Waals surface area contributed by atoms with Crippen LogP contribution in [0.2, 0.25) is 0 Å². The van der Waals surface area contributed by atoms with E-state index in [2.05, 4.69) is 25.2 Å². The van der Waals surface area contributed by atoms with Crippen LogP contribution < -0.4 is 10.1 Å². The van der Waals surface area contributed by atoms with Crippen LogP contribution in [0, 0.1) is 5.92 Å². The number of carbonyl (C=O) groups excluding carboxylic acids is 1. The molecule has 3 rings (SSSR count). The molecule has 0 bridgehead atoms. The zero-order valence-electron chi connectivity index (χ0n) is 15.2. The van der Waals surface area contributed by atoms with Crippen molar-refractivity contribution >= 4 is 16.7 Å². The second-order valence-corrected chi connectivity index (χ2v) is 7.12. The number of hydrogen-bond acceptors (Lipinski definition) is 3. The van der Waals surface area contributed by atoms with Gasteiger partial charge in [-0.05, 0) is 47.2 Å². The summed E-state index contributed by atoms with van der Waals surface area (Å²) >= 11 is 0. The molecule has 0 spiro atoms. The molecule has 25 heavy (non-hydrogen) atoms. The minimum Gasteiger partial charge on any atom is -0.497 e. The highest BCUT2D eigenvalue weighted by Gasteiger charge is 2.26. The summed E-state index contributed by atoms with van der Waals surface area (Å²) in [6.45, 7) is 5.05. The molecule has 0 radical (unpaired) electrons. The molecule has 2 aromatic carbocycles. The van der Waals surface area contributed by atoms with Crippen LogP contribution in [0.5, 0.6) is 5.75 Å². The summed E-state index contributed by atoms with van der Waals surface area (Å²) < 4.78 is 11.1. The maximum absolute atomic E-state index is 12.6. The molecular weight excluding hydrogens is 314 g/mol. The maximum atomic E-state index is 12.6. The molecule has 0 saturated carbocycles. The summed E-state index contributed by atoms with van der Waals surface area (Å²) in [7, 11) is 1.66. The van der Waals surface area contributed by atoms with E-state index in [4.69, 9.17) is 9.47 Å². The first-order valence-electron chi connectivity index (χ1n) is 9.03. The molecule has 4 heteroatoms. The van der Waals surface area contributed by atoms with Crippen LogP contribution in [0.25, 0.3) is 10.8 Å². The van der Waals surface area contributed by atoms with Crippen molar-refractivity contribution in [2.75, 3.05) is 13.7 Å². The summed E-state index contributed by atoms with van der Waals surface area (Å²) in [5, 5.41) is 5.39. The lowest BCUT2D eigenvalue weighted by molar-refractivity contribution is -0.122. The third kappa shape index (κ3) is 4.31. The molecule has 1 saturated heterocycles. The quantitative estimate of drug-likeness (QED) is 0.902. The highest BCUT2D eigenvalue weighted by atomic mass is 16.5. The van der Waals surface area contributed by atoms with Crippen molar-refractivity contribution in [1.29, 1.82) is 0 Å². The molecule has 1 amide bonds. The van der Waals surface area contributed by atoms with Crippen LogP contribution >= 0.6 is 0 Å². The Morgan fingerprint density at radius 3 is 2.92 bits per heavy atom. The van der Waals surface area contributed by atoms with Crippen molar-refractivity contribution in [2.45, 2.75) is 45.3 Å². The van der Waals surface area contributed by atoms with E-state index >= 15 is 0 Å². The van der Waals surface area contributed by atoms with Gasteiger partial charge in [-0.3, -0.25) is 4.79 Å². The topological polar surface area (TPSA) is 47.6 Å². The van der Waals surface area contributed by atoms with Gasteiger partial charge in [-0.1, -0.05) is 38.1 Å². The Morgan fingerprint density at radius 1 is 1.32 bits per heavy atom. The summed E-state index contributed by atoms with van der Waals surface area (Å²) in [5.74, 6) is 1.36. The Labute approximate surface area is 149 Å². The zero-order valence-corrected chi connectivity index (χ0v) is 15.2. The second-order valence-electron chi connectivity index (χ2n) is 7.12. The first kappa shape index (κ1) is 17.7. The molecule has 134 valence electrons. The van der Waals surface area contributed by atoms with Crippen molar-refractivity contribution in [1.82, 2.24) is 5.32 Å². The summed E-state index contributed by atoms with van der Waals surface area (Å²) in [6, 6.07) is 12.3. The minimum absolute atomic E-state index is 0.0738. The lowest BCUT2D eigenvalue weighted by Crippen LogP contribution is -2.43. The van der Waals surface area contributed by atoms with Crippen LogP contribution in [0.4, 0.5) is 0 Å². The van der Waals surface area contributed by atoms with Gasteiger partial charge in [0.05, 0.1) is 19.6 Å². The van der Waals surface area contributed by atoms with E-state index in [0.29, 0.717) is 12.3 Å². The fourth-order valence-corrected chi connectivity index (χ4v) is 3.47. The Morgan fingerprint density at radius 2 is 2.16 bits per heavy atom. The number of hydrogen-bond donors (Lipinski definition) is 1. The van der Waals surface area contributed by atoms with Crippen molar-refractivity contribution in [3.05, 3.63) is 42.0 Å². The highest BCUT2D eigenvalue weighted by molar-refractivity contribution is 5.91. The largest absolute Gasteiger partial charge is 0.497 e. The number of rotatable bonds is 5. The minimum atomic E-state index is 0.0738. The van der Waals surface area contributed by atoms with Crippen LogP contribution in [0.1, 0.15) is 32.3 Å². The van der Waals surface area contributed by atoms with Gasteiger partial charge in [0, 0.05) is 12.6 Å². The zero-order chi connectivity index (χ0) is 17.8. The third-order valence-electron chi connectivity index (χ3n) is 4.95. The predicted octanol–water partition coefficient (Wildman–Crippen LogP) is 3.71. The first-order valence-corrected chi connectivity index (χ1v) is 9.03. The molecule has 2 atom stereocenters. The lowest BCUT2D eigenvalue weighted by atomic mass is 9.95. The molecule has 2 aromatic rings. The number of fused-ring (bicyclic) bond motifs is 1. The van der Waals surface area contributed by atoms with Gasteiger partial charge in [-0.15, -0.1) is 0 Å². The molecular formula is C21H27NO3. The highest BCUT2D eigenvalue weighted by Crippen LogP contribution is 2.25. The van der Waals surface area contributed by atoms with Crippen LogP contribution in [0.15, 0.2) is 36.4 Å². The van der Waals surface area contributed by atoms with Crippen molar-refractivity contribution < 1.29 is 14.3 Å². The van der Waals surface area contributed by atoms with Crippen LogP contribution in [-0.4, -0.2) is 31.8 Å². The summed E-state index contributed by atoms with van der Waals surface area (Å²) in [5.41, 5.74) is 1.03. The number of nitrogens with one attached hydrogen (secondary N) is 1. The van der Waals surface area contributed by atoms with E-state index in [0.717, 1.165) is 41.5 Å². The van der Waals surface area contributed by atoms with E-state index in [1.165, 1.54) is 0 Å². The van der Waals surface area contributed by atoms with Crippen LogP contribution in [-0.2, 0) is 16.0 Å². The molecule has 0 aromatic heterocycles. The van der Waals surface area contributed by atoms with Gasteiger partial charge in [0.2, 0.25) is 5.91 Å². The predicted molar refractivity (Wildman–Crippen MR) is 99.9 cm³/mol. The Hall–Kier alpha value is -2.07. The van der Waals surface area contributed by atoms with E-state index in [1.807, 2.05) is 30.3 Å². The molecule has 1 aliphatic heterocycles. The van der Waals surface area contributed by atoms with Crippen molar-refractivity contribution in [2.24, 2.45) is 5.92 Å². The average molecular weight is 341 g/mol. The van der Waals surface area contributed by atoms with Crippen molar-refractivity contribution in [3.63, 3.8) is 0 Å². The van der Waals surface area contributed by atoms with Gasteiger partial charge in [-0.25, -0.2) is 0 Å². The number of ether oxygens (including phenoxy) is 2. The number of carbonyl (C=O) groups is 1. The van der Waals surface area contributed by atoms with Gasteiger partial charge in [0.1, 0.15) is 5.75 Å². The van der Waals surface area contributed by atoms with Gasteiger partial charge in [0.25, 0.3) is 0 Å². The molecule has 4 nitrogen and oxygen atoms in total. The Bertz CT molecular complexity index is 741. The first-order chi connectivity index (χ1) is 12.1. The molecule has 1 heterocycles. The van der Waals surface area contributed by atoms with Crippen molar-refractivity contribution in [3.8, 4) is 5.75 Å². The average Bonchev–Trinajstić information content (AvgIpc) is 2.61. The van der Waals surface area contributed by atoms with Gasteiger partial charge >= 0.3 is 0 Å². The van der Waals surface area contributed by atoms with Gasteiger partial charge < -0.3 is 14.8 Å². The Kier molecular flexibility index (Phi) is 5.59. The molecule has 0 aliphatic carbocycles. The van der Waals surface area contributed by atoms with E-state index in [1.54, 1.807) is 7.11 Å². The fourth-order valence-electron chi connectivity index (χ4n) is 3.47. The lowest BCUT2D eigenvalue weighted by Gasteiger charge is -2.32. The Balaban J connectivity index is 1.69. The summed E-state index contributed by atoms with van der Waals surface area (Å²) in [6.07, 6.45) is 2.40. The molecule has 1 fully saturated rings.